The molecule has 9 nitrogen and oxygen atoms in total. The molecule has 2 aromatic rings. The van der Waals surface area contributed by atoms with Gasteiger partial charge in [-0.3, -0.25) is 9.59 Å². The predicted octanol–water partition coefficient (Wildman–Crippen LogP) is 0.753. The molecule has 0 aliphatic heterocycles. The van der Waals surface area contributed by atoms with Gasteiger partial charge in [0.25, 0.3) is 11.8 Å². The average Bonchev–Trinajstić information content (AvgIpc) is 2.62. The summed E-state index contributed by atoms with van der Waals surface area (Å²) in [6.07, 6.45) is 2.52. The van der Waals surface area contributed by atoms with Crippen molar-refractivity contribution < 1.29 is 23.8 Å². The summed E-state index contributed by atoms with van der Waals surface area (Å²) in [4.78, 5) is 30.8. The molecule has 0 fully saturated rings. The topological polar surface area (TPSA) is 126 Å². The van der Waals surface area contributed by atoms with Gasteiger partial charge in [-0.25, -0.2) is 9.97 Å². The lowest BCUT2D eigenvalue weighted by molar-refractivity contribution is 0.0935. The highest BCUT2D eigenvalue weighted by Gasteiger charge is 2.13. The zero-order valence-electron chi connectivity index (χ0n) is 13.8. The number of benzene rings is 1. The number of amides is 2. The lowest BCUT2D eigenvalue weighted by Gasteiger charge is -2.11. The Hall–Kier alpha value is -3.20. The number of methoxy groups -OCH3 is 2. The van der Waals surface area contributed by atoms with Gasteiger partial charge in [-0.05, 0) is 18.2 Å². The van der Waals surface area contributed by atoms with Crippen LogP contribution in [0.5, 0.6) is 17.5 Å². The Morgan fingerprint density at radius 2 is 1.84 bits per heavy atom. The van der Waals surface area contributed by atoms with E-state index in [1.807, 2.05) is 0 Å². The van der Waals surface area contributed by atoms with E-state index in [1.54, 1.807) is 19.2 Å². The number of carbonyl (C=O) groups is 2. The second-order valence-corrected chi connectivity index (χ2v) is 4.83. The van der Waals surface area contributed by atoms with Crippen LogP contribution in [0.1, 0.15) is 20.7 Å². The third-order valence-corrected chi connectivity index (χ3v) is 3.13. The molecule has 1 aromatic carbocycles. The van der Waals surface area contributed by atoms with Crippen LogP contribution in [0, 0.1) is 0 Å². The summed E-state index contributed by atoms with van der Waals surface area (Å²) in [7, 11) is 3.01. The van der Waals surface area contributed by atoms with Crippen LogP contribution in [0.4, 0.5) is 0 Å². The number of nitrogens with two attached hydrogens (primary N) is 1. The van der Waals surface area contributed by atoms with E-state index in [4.69, 9.17) is 19.9 Å². The Balaban J connectivity index is 2.13. The largest absolute Gasteiger partial charge is 0.493 e. The minimum absolute atomic E-state index is 0.0144. The van der Waals surface area contributed by atoms with E-state index in [-0.39, 0.29) is 17.5 Å². The maximum Gasteiger partial charge on any atom is 0.322 e. The van der Waals surface area contributed by atoms with E-state index in [1.165, 1.54) is 25.6 Å². The van der Waals surface area contributed by atoms with E-state index < -0.39 is 5.91 Å². The molecule has 0 saturated heterocycles. The number of nitrogens with one attached hydrogen (secondary N) is 1. The van der Waals surface area contributed by atoms with Gasteiger partial charge in [0.1, 0.15) is 0 Å². The first-order chi connectivity index (χ1) is 12.0. The molecule has 0 aliphatic rings. The van der Waals surface area contributed by atoms with Crippen LogP contribution < -0.4 is 20.5 Å². The second-order valence-electron chi connectivity index (χ2n) is 4.83. The first-order valence-electron chi connectivity index (χ1n) is 7.30. The normalized spacial score (nSPS) is 10.2. The number of primary amides is 1. The molecule has 0 unspecified atom stereocenters. The predicted molar refractivity (Wildman–Crippen MR) is 87.8 cm³/mol. The summed E-state index contributed by atoms with van der Waals surface area (Å²) in [5.74, 6) is -0.235. The Morgan fingerprint density at radius 3 is 2.44 bits per heavy atom. The highest BCUT2D eigenvalue weighted by atomic mass is 16.5. The third-order valence-electron chi connectivity index (χ3n) is 3.13. The molecular formula is C16H18N4O5. The van der Waals surface area contributed by atoms with Crippen molar-refractivity contribution in [2.75, 3.05) is 27.4 Å². The van der Waals surface area contributed by atoms with Crippen LogP contribution >= 0.6 is 0 Å². The molecule has 2 rings (SSSR count). The lowest BCUT2D eigenvalue weighted by Crippen LogP contribution is -2.26. The van der Waals surface area contributed by atoms with Gasteiger partial charge >= 0.3 is 6.01 Å². The highest BCUT2D eigenvalue weighted by molar-refractivity contribution is 5.95. The lowest BCUT2D eigenvalue weighted by atomic mass is 10.2. The van der Waals surface area contributed by atoms with Crippen LogP contribution in [0.2, 0.25) is 0 Å². The van der Waals surface area contributed by atoms with Crippen molar-refractivity contribution in [3.63, 3.8) is 0 Å². The summed E-state index contributed by atoms with van der Waals surface area (Å²) in [6, 6.07) is 4.70. The van der Waals surface area contributed by atoms with Gasteiger partial charge in [0, 0.05) is 31.6 Å². The van der Waals surface area contributed by atoms with Gasteiger partial charge in [0.2, 0.25) is 0 Å². The van der Waals surface area contributed by atoms with Crippen LogP contribution in [0.15, 0.2) is 30.6 Å². The summed E-state index contributed by atoms with van der Waals surface area (Å²) in [5.41, 5.74) is 5.70. The van der Waals surface area contributed by atoms with Gasteiger partial charge in [-0.2, -0.15) is 0 Å². The molecule has 9 heteroatoms. The molecule has 1 heterocycles. The molecule has 1 aromatic heterocycles. The highest BCUT2D eigenvalue weighted by Crippen LogP contribution is 2.30. The van der Waals surface area contributed by atoms with Crippen molar-refractivity contribution in [2.45, 2.75) is 0 Å². The Morgan fingerprint density at radius 1 is 1.12 bits per heavy atom. The molecule has 0 bridgehead atoms. The molecular weight excluding hydrogens is 328 g/mol. The molecule has 3 N–H and O–H groups in total. The van der Waals surface area contributed by atoms with E-state index in [2.05, 4.69) is 15.3 Å². The maximum atomic E-state index is 12.0. The number of aromatic nitrogens is 2. The quantitative estimate of drug-likeness (QED) is 0.676. The fourth-order valence-electron chi connectivity index (χ4n) is 1.86. The van der Waals surface area contributed by atoms with Crippen LogP contribution in [-0.4, -0.2) is 49.2 Å². The van der Waals surface area contributed by atoms with Gasteiger partial charge in [0.05, 0.1) is 19.3 Å². The Labute approximate surface area is 144 Å². The maximum absolute atomic E-state index is 12.0. The summed E-state index contributed by atoms with van der Waals surface area (Å²) < 4.78 is 15.6. The third kappa shape index (κ3) is 4.88. The van der Waals surface area contributed by atoms with Gasteiger partial charge in [-0.15, -0.1) is 0 Å². The fourth-order valence-corrected chi connectivity index (χ4v) is 1.86. The molecule has 2 amide bonds. The van der Waals surface area contributed by atoms with Crippen LogP contribution in [-0.2, 0) is 4.74 Å². The van der Waals surface area contributed by atoms with Gasteiger partial charge in [-0.1, -0.05) is 0 Å². The van der Waals surface area contributed by atoms with E-state index in [0.717, 1.165) is 0 Å². The molecule has 0 saturated carbocycles. The van der Waals surface area contributed by atoms with E-state index in [9.17, 15) is 9.59 Å². The van der Waals surface area contributed by atoms with Gasteiger partial charge < -0.3 is 25.3 Å². The number of nitrogens with zero attached hydrogens (tertiary/aromatic N) is 2. The molecule has 0 radical (unpaired) electrons. The van der Waals surface area contributed by atoms with Crippen molar-refractivity contribution >= 4 is 11.8 Å². The number of hydrogen-bond acceptors (Lipinski definition) is 7. The zero-order chi connectivity index (χ0) is 18.2. The standard InChI is InChI=1S/C16H18N4O5/c1-23-6-5-18-15(22)10-3-4-12(13(7-10)24-2)25-16-19-8-11(9-20-16)14(17)21/h3-4,7-9H,5-6H2,1-2H3,(H2,17,21)(H,18,22). The fraction of sp³-hybridized carbons (Fsp3) is 0.250. The Bertz CT molecular complexity index is 749. The second kappa shape index (κ2) is 8.60. The number of hydrogen-bond donors (Lipinski definition) is 2. The first kappa shape index (κ1) is 18.1. The number of rotatable bonds is 8. The van der Waals surface area contributed by atoms with E-state index in [0.29, 0.717) is 30.2 Å². The molecule has 132 valence electrons. The minimum Gasteiger partial charge on any atom is -0.493 e. The van der Waals surface area contributed by atoms with Crippen molar-refractivity contribution in [2.24, 2.45) is 5.73 Å². The van der Waals surface area contributed by atoms with Crippen molar-refractivity contribution in [3.05, 3.63) is 41.7 Å². The molecule has 0 aliphatic carbocycles. The number of ether oxygens (including phenoxy) is 3. The molecule has 0 atom stereocenters. The van der Waals surface area contributed by atoms with Gasteiger partial charge in [0.15, 0.2) is 11.5 Å². The summed E-state index contributed by atoms with van der Waals surface area (Å²) in [6.45, 7) is 0.818. The molecule has 25 heavy (non-hydrogen) atoms. The Kier molecular flexibility index (Phi) is 6.24. The SMILES string of the molecule is COCCNC(=O)c1ccc(Oc2ncc(C(N)=O)cn2)c(OC)c1. The molecule has 0 spiro atoms. The van der Waals surface area contributed by atoms with Crippen molar-refractivity contribution in [1.29, 1.82) is 0 Å². The van der Waals surface area contributed by atoms with Crippen molar-refractivity contribution in [1.82, 2.24) is 15.3 Å². The first-order valence-corrected chi connectivity index (χ1v) is 7.30. The van der Waals surface area contributed by atoms with Crippen molar-refractivity contribution in [3.8, 4) is 17.5 Å². The average molecular weight is 346 g/mol. The van der Waals surface area contributed by atoms with E-state index >= 15 is 0 Å². The minimum atomic E-state index is -0.632. The summed E-state index contributed by atoms with van der Waals surface area (Å²) in [5, 5.41) is 2.71. The monoisotopic (exact) mass is 346 g/mol. The zero-order valence-corrected chi connectivity index (χ0v) is 13.8. The smallest absolute Gasteiger partial charge is 0.322 e. The van der Waals surface area contributed by atoms with Crippen LogP contribution in [0.3, 0.4) is 0 Å². The van der Waals surface area contributed by atoms with Crippen LogP contribution in [0.25, 0.3) is 0 Å². The number of carbonyl (C=O) groups excluding carboxylic acids is 2. The summed E-state index contributed by atoms with van der Waals surface area (Å²) >= 11 is 0.